The van der Waals surface area contributed by atoms with Crippen LogP contribution in [0.5, 0.6) is 0 Å². The molecule has 0 atom stereocenters. The van der Waals surface area contributed by atoms with Crippen molar-refractivity contribution in [3.8, 4) is 45.8 Å². The summed E-state index contributed by atoms with van der Waals surface area (Å²) in [4.78, 5) is 0. The molecule has 0 saturated carbocycles. The molecule has 0 aliphatic rings. The van der Waals surface area contributed by atoms with Crippen molar-refractivity contribution < 1.29 is 8.78 Å². The average molecular weight is 647 g/mol. The normalized spacial score (nSPS) is 11.4. The first-order valence-corrected chi connectivity index (χ1v) is 16.1. The Morgan fingerprint density at radius 3 is 1.56 bits per heavy atom. The second-order valence-electron chi connectivity index (χ2n) is 12.3. The summed E-state index contributed by atoms with van der Waals surface area (Å²) in [5.74, 6) is -1.39. The van der Waals surface area contributed by atoms with Crippen LogP contribution in [0, 0.1) is 34.3 Å². The summed E-state index contributed by atoms with van der Waals surface area (Å²) >= 11 is 0. The molecule has 0 N–H and O–H groups in total. The van der Waals surface area contributed by atoms with Gasteiger partial charge in [0.05, 0.1) is 50.6 Å². The van der Waals surface area contributed by atoms with Crippen LogP contribution in [0.2, 0.25) is 0 Å². The van der Waals surface area contributed by atoms with Crippen LogP contribution in [-0.2, 0) is 0 Å². The molecule has 2 aromatic heterocycles. The van der Waals surface area contributed by atoms with Crippen molar-refractivity contribution in [3.05, 3.63) is 168 Å². The van der Waals surface area contributed by atoms with E-state index in [0.717, 1.165) is 66.5 Å². The largest absolute Gasteiger partial charge is 0.309 e. The van der Waals surface area contributed by atoms with Gasteiger partial charge in [0.25, 0.3) is 0 Å². The Morgan fingerprint density at radius 1 is 0.420 bits per heavy atom. The summed E-state index contributed by atoms with van der Waals surface area (Å²) in [6.45, 7) is 0. The second kappa shape index (κ2) is 11.3. The number of para-hydroxylation sites is 3. The highest BCUT2D eigenvalue weighted by Gasteiger charge is 2.19. The lowest BCUT2D eigenvalue weighted by atomic mass is 9.99. The lowest BCUT2D eigenvalue weighted by Gasteiger charge is -2.15. The van der Waals surface area contributed by atoms with Gasteiger partial charge in [-0.15, -0.1) is 0 Å². The third-order valence-corrected chi connectivity index (χ3v) is 9.48. The molecule has 6 heteroatoms. The molecule has 0 aliphatic carbocycles. The molecule has 0 bridgehead atoms. The molecule has 234 valence electrons. The van der Waals surface area contributed by atoms with Crippen LogP contribution in [0.15, 0.2) is 146 Å². The molecule has 0 aliphatic heterocycles. The number of hydrogen-bond donors (Lipinski definition) is 0. The Bertz CT molecular complexity index is 2860. The molecule has 0 unspecified atom stereocenters. The van der Waals surface area contributed by atoms with Crippen LogP contribution in [0.4, 0.5) is 8.78 Å². The number of halogens is 2. The summed E-state index contributed by atoms with van der Waals surface area (Å²) in [7, 11) is 0. The van der Waals surface area contributed by atoms with E-state index in [1.165, 1.54) is 12.1 Å². The molecule has 0 fully saturated rings. The molecule has 50 heavy (non-hydrogen) atoms. The van der Waals surface area contributed by atoms with E-state index >= 15 is 0 Å². The third-order valence-electron chi connectivity index (χ3n) is 9.48. The lowest BCUT2D eigenvalue weighted by Crippen LogP contribution is -1.99. The Balaban J connectivity index is 1.23. The number of hydrogen-bond acceptors (Lipinski definition) is 2. The number of rotatable bonds is 4. The number of fused-ring (bicyclic) bond motifs is 6. The minimum absolute atomic E-state index is 0.338. The fraction of sp³-hybridized carbons (Fsp3) is 0. The van der Waals surface area contributed by atoms with Crippen molar-refractivity contribution in [1.29, 1.82) is 10.5 Å². The van der Waals surface area contributed by atoms with E-state index in [1.807, 2.05) is 72.8 Å². The highest BCUT2D eigenvalue weighted by Crippen LogP contribution is 2.40. The van der Waals surface area contributed by atoms with E-state index in [0.29, 0.717) is 27.9 Å². The summed E-state index contributed by atoms with van der Waals surface area (Å²) in [5.41, 5.74) is 9.03. The molecule has 0 radical (unpaired) electrons. The van der Waals surface area contributed by atoms with Gasteiger partial charge in [-0.05, 0) is 89.5 Å². The standard InChI is InChI=1S/C44H24F2N4/c45-32-21-30(22-33(46)24-32)37-19-27(25-47)13-16-43(37)50-42-12-6-3-9-36(42)38-23-29(15-18-44(38)50)28-14-17-39(31(20-28)26-48)49-40-10-4-1-7-34(40)35-8-2-5-11-41(35)49/h1-24H. The number of nitrogens with zero attached hydrogens (tertiary/aromatic N) is 4. The van der Waals surface area contributed by atoms with Gasteiger partial charge in [0.2, 0.25) is 0 Å². The van der Waals surface area contributed by atoms with Crippen molar-refractivity contribution in [2.75, 3.05) is 0 Å². The van der Waals surface area contributed by atoms with Gasteiger partial charge in [0.1, 0.15) is 17.7 Å². The number of nitriles is 2. The molecule has 4 nitrogen and oxygen atoms in total. The predicted molar refractivity (Wildman–Crippen MR) is 195 cm³/mol. The highest BCUT2D eigenvalue weighted by molar-refractivity contribution is 6.11. The van der Waals surface area contributed by atoms with Crippen LogP contribution < -0.4 is 0 Å². The third kappa shape index (κ3) is 4.48. The average Bonchev–Trinajstić information content (AvgIpc) is 3.66. The van der Waals surface area contributed by atoms with E-state index in [-0.39, 0.29) is 0 Å². The van der Waals surface area contributed by atoms with Gasteiger partial charge in [-0.25, -0.2) is 8.78 Å². The van der Waals surface area contributed by atoms with Crippen LogP contribution in [0.25, 0.3) is 77.2 Å². The minimum atomic E-state index is -0.693. The fourth-order valence-electron chi connectivity index (χ4n) is 7.34. The van der Waals surface area contributed by atoms with Gasteiger partial charge in [-0.2, -0.15) is 10.5 Å². The second-order valence-corrected chi connectivity index (χ2v) is 12.3. The highest BCUT2D eigenvalue weighted by atomic mass is 19.1. The number of aromatic nitrogens is 2. The Kier molecular flexibility index (Phi) is 6.59. The monoisotopic (exact) mass is 646 g/mol. The fourth-order valence-corrected chi connectivity index (χ4v) is 7.34. The zero-order chi connectivity index (χ0) is 33.9. The predicted octanol–water partition coefficient (Wildman–Crippen LogP) is 11.2. The Hall–Kier alpha value is -7.02. The maximum atomic E-state index is 14.4. The summed E-state index contributed by atoms with van der Waals surface area (Å²) < 4.78 is 33.1. The summed E-state index contributed by atoms with van der Waals surface area (Å²) in [5, 5.41) is 24.4. The quantitative estimate of drug-likeness (QED) is 0.191. The first kappa shape index (κ1) is 29.1. The first-order chi connectivity index (χ1) is 24.5. The van der Waals surface area contributed by atoms with Gasteiger partial charge in [0.15, 0.2) is 0 Å². The van der Waals surface area contributed by atoms with Crippen LogP contribution >= 0.6 is 0 Å². The van der Waals surface area contributed by atoms with E-state index in [1.54, 1.807) is 12.1 Å². The first-order valence-electron chi connectivity index (χ1n) is 16.1. The van der Waals surface area contributed by atoms with Gasteiger partial charge < -0.3 is 9.13 Å². The van der Waals surface area contributed by atoms with Crippen molar-refractivity contribution in [1.82, 2.24) is 9.13 Å². The Morgan fingerprint density at radius 2 is 0.940 bits per heavy atom. The molecular weight excluding hydrogens is 623 g/mol. The summed E-state index contributed by atoms with van der Waals surface area (Å²) in [6.07, 6.45) is 0. The van der Waals surface area contributed by atoms with Crippen molar-refractivity contribution in [2.24, 2.45) is 0 Å². The van der Waals surface area contributed by atoms with Crippen LogP contribution in [0.3, 0.4) is 0 Å². The molecule has 0 spiro atoms. The molecule has 9 rings (SSSR count). The topological polar surface area (TPSA) is 57.4 Å². The van der Waals surface area contributed by atoms with Crippen LogP contribution in [0.1, 0.15) is 11.1 Å². The zero-order valence-corrected chi connectivity index (χ0v) is 26.4. The molecule has 7 aromatic carbocycles. The van der Waals surface area contributed by atoms with E-state index in [4.69, 9.17) is 0 Å². The van der Waals surface area contributed by atoms with Gasteiger partial charge in [-0.3, -0.25) is 0 Å². The summed E-state index contributed by atoms with van der Waals surface area (Å²) in [6, 6.07) is 49.9. The van der Waals surface area contributed by atoms with Crippen molar-refractivity contribution in [3.63, 3.8) is 0 Å². The Labute approximate surface area is 285 Å². The van der Waals surface area contributed by atoms with Crippen molar-refractivity contribution in [2.45, 2.75) is 0 Å². The van der Waals surface area contributed by atoms with Crippen molar-refractivity contribution >= 4 is 43.6 Å². The van der Waals surface area contributed by atoms with E-state index in [2.05, 4.69) is 63.7 Å². The van der Waals surface area contributed by atoms with E-state index in [9.17, 15) is 19.3 Å². The van der Waals surface area contributed by atoms with Gasteiger partial charge >= 0.3 is 0 Å². The smallest absolute Gasteiger partial charge is 0.126 e. The molecule has 0 amide bonds. The number of benzene rings is 7. The molecule has 0 saturated heterocycles. The maximum Gasteiger partial charge on any atom is 0.126 e. The van der Waals surface area contributed by atoms with E-state index < -0.39 is 11.6 Å². The molecule has 9 aromatic rings. The SMILES string of the molecule is N#Cc1ccc(-n2c3ccccc3c3cc(-c4ccc(-n5c6ccccc6c6ccccc65)c(C#N)c4)ccc32)c(-c2cc(F)cc(F)c2)c1. The maximum absolute atomic E-state index is 14.4. The molecular formula is C44H24F2N4. The van der Waals surface area contributed by atoms with Gasteiger partial charge in [-0.1, -0.05) is 66.7 Å². The zero-order valence-electron chi connectivity index (χ0n) is 26.4. The van der Waals surface area contributed by atoms with Crippen LogP contribution in [-0.4, -0.2) is 9.13 Å². The lowest BCUT2D eigenvalue weighted by molar-refractivity contribution is 0.584. The molecule has 2 heterocycles. The van der Waals surface area contributed by atoms with Gasteiger partial charge in [0, 0.05) is 33.2 Å². The minimum Gasteiger partial charge on any atom is -0.309 e.